The van der Waals surface area contributed by atoms with Crippen molar-refractivity contribution >= 4 is 27.5 Å². The van der Waals surface area contributed by atoms with Gasteiger partial charge in [0.1, 0.15) is 29.8 Å². The Morgan fingerprint density at radius 1 is 0.921 bits per heavy atom. The van der Waals surface area contributed by atoms with E-state index >= 15 is 0 Å². The Morgan fingerprint density at radius 2 is 1.55 bits per heavy atom. The maximum atomic E-state index is 13.6. The summed E-state index contributed by atoms with van der Waals surface area (Å²) in [7, 11) is -0.791. The molecule has 0 fully saturated rings. The molecule has 0 aromatic heterocycles. The van der Waals surface area contributed by atoms with Crippen molar-refractivity contribution in [3.63, 3.8) is 0 Å². The monoisotopic (exact) mass is 539 g/mol. The molecule has 0 bridgehead atoms. The fourth-order valence-electron chi connectivity index (χ4n) is 3.97. The first-order valence-corrected chi connectivity index (χ1v) is 14.0. The number of methoxy groups -OCH3 is 1. The molecule has 9 nitrogen and oxygen atoms in total. The van der Waals surface area contributed by atoms with Gasteiger partial charge < -0.3 is 19.7 Å². The molecule has 3 aromatic rings. The van der Waals surface area contributed by atoms with Gasteiger partial charge >= 0.3 is 0 Å². The zero-order valence-corrected chi connectivity index (χ0v) is 22.8. The van der Waals surface area contributed by atoms with Crippen molar-refractivity contribution in [1.29, 1.82) is 0 Å². The van der Waals surface area contributed by atoms with E-state index in [1.165, 1.54) is 11.9 Å². The Labute approximate surface area is 224 Å². The van der Waals surface area contributed by atoms with E-state index in [1.54, 1.807) is 56.5 Å². The number of ether oxygens (including phenoxy) is 2. The topological polar surface area (TPSA) is 105 Å². The summed E-state index contributed by atoms with van der Waals surface area (Å²) in [4.78, 5) is 27.7. The predicted molar refractivity (Wildman–Crippen MR) is 147 cm³/mol. The number of hydrogen-bond acceptors (Lipinski definition) is 6. The number of sulfonamides is 1. The van der Waals surface area contributed by atoms with Crippen LogP contribution in [0.5, 0.6) is 17.2 Å². The fraction of sp³-hybridized carbons (Fsp3) is 0.286. The first-order valence-electron chi connectivity index (χ1n) is 12.1. The second kappa shape index (κ2) is 13.0. The Hall–Kier alpha value is -4.05. The standard InChI is InChI=1S/C28H33N3O6S/c1-5-26(28(33)29-2)30(19-21-10-9-13-25(18-21)36-3)27(32)20-31(38(4,34)35)22-14-16-24(17-15-22)37-23-11-7-6-8-12-23/h6-18,26H,5,19-20H2,1-4H3,(H,29,33). The molecule has 1 unspecified atom stereocenters. The third-order valence-electron chi connectivity index (χ3n) is 5.90. The third-order valence-corrected chi connectivity index (χ3v) is 7.04. The largest absolute Gasteiger partial charge is 0.497 e. The van der Waals surface area contributed by atoms with E-state index < -0.39 is 28.5 Å². The molecule has 0 saturated heterocycles. The zero-order valence-electron chi connectivity index (χ0n) is 22.0. The quantitative estimate of drug-likeness (QED) is 0.375. The second-order valence-electron chi connectivity index (χ2n) is 8.59. The van der Waals surface area contributed by atoms with Crippen LogP contribution >= 0.6 is 0 Å². The van der Waals surface area contributed by atoms with E-state index in [4.69, 9.17) is 9.47 Å². The molecule has 202 valence electrons. The molecule has 38 heavy (non-hydrogen) atoms. The van der Waals surface area contributed by atoms with E-state index in [0.717, 1.165) is 16.1 Å². The van der Waals surface area contributed by atoms with Crippen LogP contribution in [0.3, 0.4) is 0 Å². The lowest BCUT2D eigenvalue weighted by atomic mass is 10.1. The minimum atomic E-state index is -3.84. The number of carbonyl (C=O) groups is 2. The molecule has 0 aliphatic rings. The highest BCUT2D eigenvalue weighted by Gasteiger charge is 2.31. The molecular weight excluding hydrogens is 506 g/mol. The molecule has 1 N–H and O–H groups in total. The minimum Gasteiger partial charge on any atom is -0.497 e. The van der Waals surface area contributed by atoms with E-state index in [1.807, 2.05) is 36.4 Å². The molecule has 3 aromatic carbocycles. The molecule has 10 heteroatoms. The van der Waals surface area contributed by atoms with Gasteiger partial charge in [-0.05, 0) is 60.5 Å². The van der Waals surface area contributed by atoms with Gasteiger partial charge in [-0.2, -0.15) is 0 Å². The van der Waals surface area contributed by atoms with Gasteiger partial charge in [-0.1, -0.05) is 37.3 Å². The molecule has 1 atom stereocenters. The summed E-state index contributed by atoms with van der Waals surface area (Å²) in [6.07, 6.45) is 1.39. The van der Waals surface area contributed by atoms with Gasteiger partial charge in [0, 0.05) is 13.6 Å². The van der Waals surface area contributed by atoms with Crippen molar-refractivity contribution in [3.8, 4) is 17.2 Å². The summed E-state index contributed by atoms with van der Waals surface area (Å²) in [6.45, 7) is 1.42. The number of rotatable bonds is 12. The summed E-state index contributed by atoms with van der Waals surface area (Å²) in [5.41, 5.74) is 1.05. The third kappa shape index (κ3) is 7.48. The van der Waals surface area contributed by atoms with Gasteiger partial charge in [0.2, 0.25) is 21.8 Å². The summed E-state index contributed by atoms with van der Waals surface area (Å²) >= 11 is 0. The predicted octanol–water partition coefficient (Wildman–Crippen LogP) is 3.81. The van der Waals surface area contributed by atoms with Gasteiger partial charge in [0.05, 0.1) is 19.1 Å². The van der Waals surface area contributed by atoms with Crippen LogP contribution < -0.4 is 19.1 Å². The Kier molecular flexibility index (Phi) is 9.72. The maximum Gasteiger partial charge on any atom is 0.244 e. The van der Waals surface area contributed by atoms with Crippen LogP contribution in [0, 0.1) is 0 Å². The van der Waals surface area contributed by atoms with Crippen LogP contribution in [0.25, 0.3) is 0 Å². The molecule has 3 rings (SSSR count). The van der Waals surface area contributed by atoms with Crippen molar-refractivity contribution in [1.82, 2.24) is 10.2 Å². The Morgan fingerprint density at radius 3 is 2.13 bits per heavy atom. The second-order valence-corrected chi connectivity index (χ2v) is 10.5. The number of nitrogens with one attached hydrogen (secondary N) is 1. The molecule has 0 heterocycles. The van der Waals surface area contributed by atoms with Crippen molar-refractivity contribution in [2.24, 2.45) is 0 Å². The van der Waals surface area contributed by atoms with Gasteiger partial charge in [-0.3, -0.25) is 13.9 Å². The first kappa shape index (κ1) is 28.5. The van der Waals surface area contributed by atoms with Crippen LogP contribution in [-0.2, 0) is 26.2 Å². The lowest BCUT2D eigenvalue weighted by molar-refractivity contribution is -0.140. The van der Waals surface area contributed by atoms with Gasteiger partial charge in [-0.25, -0.2) is 8.42 Å². The van der Waals surface area contributed by atoms with Crippen molar-refractivity contribution in [3.05, 3.63) is 84.4 Å². The highest BCUT2D eigenvalue weighted by Crippen LogP contribution is 2.26. The van der Waals surface area contributed by atoms with E-state index in [-0.39, 0.29) is 12.5 Å². The smallest absolute Gasteiger partial charge is 0.244 e. The number of para-hydroxylation sites is 1. The lowest BCUT2D eigenvalue weighted by Crippen LogP contribution is -2.51. The van der Waals surface area contributed by atoms with Crippen LogP contribution in [-0.4, -0.2) is 58.1 Å². The molecule has 0 spiro atoms. The van der Waals surface area contributed by atoms with Crippen molar-refractivity contribution in [2.45, 2.75) is 25.9 Å². The van der Waals surface area contributed by atoms with Crippen LogP contribution in [0.4, 0.5) is 5.69 Å². The summed E-state index contributed by atoms with van der Waals surface area (Å²) < 4.78 is 37.6. The number of likely N-dealkylation sites (N-methyl/N-ethyl adjacent to an activating group) is 1. The van der Waals surface area contributed by atoms with E-state index in [0.29, 0.717) is 29.4 Å². The average Bonchev–Trinajstić information content (AvgIpc) is 2.92. The molecular formula is C28H33N3O6S. The molecule has 0 radical (unpaired) electrons. The molecule has 0 saturated carbocycles. The van der Waals surface area contributed by atoms with Crippen LogP contribution in [0.2, 0.25) is 0 Å². The van der Waals surface area contributed by atoms with Gasteiger partial charge in [-0.15, -0.1) is 0 Å². The minimum absolute atomic E-state index is 0.101. The number of amides is 2. The number of nitrogens with zero attached hydrogens (tertiary/aromatic N) is 2. The Bertz CT molecular complexity index is 1330. The van der Waals surface area contributed by atoms with Crippen molar-refractivity contribution in [2.75, 3.05) is 31.3 Å². The number of carbonyl (C=O) groups excluding carboxylic acids is 2. The van der Waals surface area contributed by atoms with Crippen LogP contribution in [0.1, 0.15) is 18.9 Å². The number of hydrogen-bond donors (Lipinski definition) is 1. The van der Waals surface area contributed by atoms with E-state index in [9.17, 15) is 18.0 Å². The average molecular weight is 540 g/mol. The van der Waals surface area contributed by atoms with Gasteiger partial charge in [0.25, 0.3) is 0 Å². The van der Waals surface area contributed by atoms with E-state index in [2.05, 4.69) is 5.32 Å². The summed E-state index contributed by atoms with van der Waals surface area (Å²) in [5, 5.41) is 2.60. The lowest BCUT2D eigenvalue weighted by Gasteiger charge is -2.32. The SMILES string of the molecule is CCC(C(=O)NC)N(Cc1cccc(OC)c1)C(=O)CN(c1ccc(Oc2ccccc2)cc1)S(C)(=O)=O. The molecule has 2 amide bonds. The molecule has 0 aliphatic carbocycles. The normalized spacial score (nSPS) is 11.8. The molecule has 0 aliphatic heterocycles. The maximum absolute atomic E-state index is 13.6. The number of benzene rings is 3. The summed E-state index contributed by atoms with van der Waals surface area (Å²) in [5.74, 6) is 0.919. The fourth-order valence-corrected chi connectivity index (χ4v) is 4.82. The zero-order chi connectivity index (χ0) is 27.7. The van der Waals surface area contributed by atoms with Gasteiger partial charge in [0.15, 0.2) is 0 Å². The first-order chi connectivity index (χ1) is 18.2. The summed E-state index contributed by atoms with van der Waals surface area (Å²) in [6, 6.07) is 22.0. The highest BCUT2D eigenvalue weighted by molar-refractivity contribution is 7.92. The number of anilines is 1. The van der Waals surface area contributed by atoms with Crippen molar-refractivity contribution < 1.29 is 27.5 Å². The Balaban J connectivity index is 1.89. The van der Waals surface area contributed by atoms with Crippen LogP contribution in [0.15, 0.2) is 78.9 Å². The highest BCUT2D eigenvalue weighted by atomic mass is 32.2.